The summed E-state index contributed by atoms with van der Waals surface area (Å²) < 4.78 is 42.4. The molecule has 0 aliphatic heterocycles. The highest BCUT2D eigenvalue weighted by atomic mass is 127. The second-order valence-corrected chi connectivity index (χ2v) is 6.49. The number of guanidine groups is 1. The molecule has 0 atom stereocenters. The molecule has 0 radical (unpaired) electrons. The Bertz CT molecular complexity index is 861. The Kier molecular flexibility index (Phi) is 11.2. The Hall–Kier alpha value is -2.50. The molecule has 2 aromatic rings. The Morgan fingerprint density at radius 2 is 1.71 bits per heavy atom. The van der Waals surface area contributed by atoms with Crippen molar-refractivity contribution in [2.45, 2.75) is 19.6 Å². The largest absolute Gasteiger partial charge is 0.484 e. The summed E-state index contributed by atoms with van der Waals surface area (Å²) in [5.74, 6) is 0.447. The van der Waals surface area contributed by atoms with E-state index in [4.69, 9.17) is 4.74 Å². The number of aliphatic imine (C=N–C) groups is 1. The zero-order valence-electron chi connectivity index (χ0n) is 17.3. The molecule has 1 amide bonds. The van der Waals surface area contributed by atoms with Crippen LogP contribution in [0.15, 0.2) is 53.5 Å². The third kappa shape index (κ3) is 9.90. The van der Waals surface area contributed by atoms with E-state index in [0.717, 1.165) is 5.56 Å². The number of carbonyl (C=O) groups excluding carboxylic acids is 1. The van der Waals surface area contributed by atoms with Gasteiger partial charge in [0.15, 0.2) is 12.6 Å². The molecule has 0 fully saturated rings. The lowest BCUT2D eigenvalue weighted by atomic mass is 10.1. The van der Waals surface area contributed by atoms with Crippen molar-refractivity contribution < 1.29 is 22.7 Å². The van der Waals surface area contributed by atoms with Gasteiger partial charge in [0.2, 0.25) is 0 Å². The summed E-state index contributed by atoms with van der Waals surface area (Å²) in [6, 6.07) is 13.9. The first-order chi connectivity index (χ1) is 14.3. The van der Waals surface area contributed by atoms with Crippen molar-refractivity contribution in [3.8, 4) is 5.75 Å². The van der Waals surface area contributed by atoms with Gasteiger partial charge < -0.3 is 20.7 Å². The molecule has 0 heterocycles. The number of hydrogen-bond acceptors (Lipinski definition) is 3. The number of benzene rings is 2. The van der Waals surface area contributed by atoms with Crippen LogP contribution in [0.3, 0.4) is 0 Å². The fourth-order valence-corrected chi connectivity index (χ4v) is 2.55. The molecule has 6 nitrogen and oxygen atoms in total. The van der Waals surface area contributed by atoms with E-state index in [9.17, 15) is 18.0 Å². The van der Waals surface area contributed by atoms with E-state index < -0.39 is 12.8 Å². The van der Waals surface area contributed by atoms with Crippen molar-refractivity contribution in [1.82, 2.24) is 16.0 Å². The van der Waals surface area contributed by atoms with Gasteiger partial charge in [0, 0.05) is 37.8 Å². The average Bonchev–Trinajstić information content (AvgIpc) is 2.72. The van der Waals surface area contributed by atoms with Crippen LogP contribution in [0.4, 0.5) is 13.2 Å². The zero-order valence-corrected chi connectivity index (χ0v) is 19.6. The van der Waals surface area contributed by atoms with Gasteiger partial charge in [0.1, 0.15) is 5.75 Å². The fourth-order valence-electron chi connectivity index (χ4n) is 2.55. The quantitative estimate of drug-likeness (QED) is 0.203. The Labute approximate surface area is 196 Å². The molecule has 31 heavy (non-hydrogen) atoms. The van der Waals surface area contributed by atoms with Gasteiger partial charge in [-0.25, -0.2) is 0 Å². The molecule has 3 N–H and O–H groups in total. The number of ether oxygens (including phenoxy) is 1. The molecule has 0 unspecified atom stereocenters. The van der Waals surface area contributed by atoms with Crippen LogP contribution in [0, 0.1) is 6.92 Å². The van der Waals surface area contributed by atoms with Crippen LogP contribution in [-0.2, 0) is 6.54 Å². The Morgan fingerprint density at radius 1 is 1.03 bits per heavy atom. The highest BCUT2D eigenvalue weighted by Gasteiger charge is 2.28. The summed E-state index contributed by atoms with van der Waals surface area (Å²) in [7, 11) is 1.58. The molecule has 170 valence electrons. The standard InChI is InChI=1S/C21H25F3N4O2.HI/c1-15-8-9-17(18(12-15)30-14-21(22,23)24)13-28-20(25-2)27-11-10-26-19(29)16-6-4-3-5-7-16;/h3-9,12H,10-11,13-14H2,1-2H3,(H,26,29)(H2,25,27,28);1H. The minimum atomic E-state index is -4.41. The number of nitrogens with one attached hydrogen (secondary N) is 3. The molecule has 0 bridgehead atoms. The van der Waals surface area contributed by atoms with E-state index in [1.165, 1.54) is 0 Å². The predicted molar refractivity (Wildman–Crippen MR) is 125 cm³/mol. The first kappa shape index (κ1) is 26.5. The summed E-state index contributed by atoms with van der Waals surface area (Å²) in [6.45, 7) is 1.45. The molecule has 0 aromatic heterocycles. The van der Waals surface area contributed by atoms with Crippen molar-refractivity contribution in [3.63, 3.8) is 0 Å². The number of carbonyl (C=O) groups is 1. The van der Waals surface area contributed by atoms with Crippen LogP contribution in [-0.4, -0.2) is 44.8 Å². The number of amides is 1. The van der Waals surface area contributed by atoms with Gasteiger partial charge in [-0.3, -0.25) is 9.79 Å². The molecule has 0 aliphatic carbocycles. The molecule has 10 heteroatoms. The predicted octanol–water partition coefficient (Wildman–Crippen LogP) is 3.65. The number of nitrogens with zero attached hydrogens (tertiary/aromatic N) is 1. The van der Waals surface area contributed by atoms with Gasteiger partial charge in [0.25, 0.3) is 5.91 Å². The minimum absolute atomic E-state index is 0. The Morgan fingerprint density at radius 3 is 2.35 bits per heavy atom. The summed E-state index contributed by atoms with van der Waals surface area (Å²) in [4.78, 5) is 16.1. The van der Waals surface area contributed by atoms with E-state index >= 15 is 0 Å². The molecule has 0 spiro atoms. The summed E-state index contributed by atoms with van der Waals surface area (Å²) in [5, 5.41) is 8.85. The fraction of sp³-hybridized carbons (Fsp3) is 0.333. The number of rotatable bonds is 8. The summed E-state index contributed by atoms with van der Waals surface area (Å²) in [6.07, 6.45) is -4.41. The highest BCUT2D eigenvalue weighted by Crippen LogP contribution is 2.23. The molecular formula is C21H26F3IN4O2. The molecular weight excluding hydrogens is 524 g/mol. The van der Waals surface area contributed by atoms with Gasteiger partial charge in [0.05, 0.1) is 0 Å². The van der Waals surface area contributed by atoms with Gasteiger partial charge in [-0.15, -0.1) is 24.0 Å². The third-order valence-electron chi connectivity index (χ3n) is 4.02. The maximum Gasteiger partial charge on any atom is 0.422 e. The zero-order chi connectivity index (χ0) is 22.0. The third-order valence-corrected chi connectivity index (χ3v) is 4.02. The number of alkyl halides is 3. The lowest BCUT2D eigenvalue weighted by molar-refractivity contribution is -0.153. The molecule has 0 saturated carbocycles. The van der Waals surface area contributed by atoms with Crippen LogP contribution in [0.2, 0.25) is 0 Å². The van der Waals surface area contributed by atoms with E-state index in [-0.39, 0.29) is 42.2 Å². The number of halogens is 4. The normalized spacial score (nSPS) is 11.3. The van der Waals surface area contributed by atoms with Crippen molar-refractivity contribution >= 4 is 35.8 Å². The lowest BCUT2D eigenvalue weighted by Gasteiger charge is -2.16. The lowest BCUT2D eigenvalue weighted by Crippen LogP contribution is -2.41. The number of aryl methyl sites for hydroxylation is 1. The molecule has 2 aromatic carbocycles. The highest BCUT2D eigenvalue weighted by molar-refractivity contribution is 14.0. The van der Waals surface area contributed by atoms with Crippen LogP contribution in [0.1, 0.15) is 21.5 Å². The smallest absolute Gasteiger partial charge is 0.422 e. The van der Waals surface area contributed by atoms with Crippen molar-refractivity contribution in [2.24, 2.45) is 4.99 Å². The second-order valence-electron chi connectivity index (χ2n) is 6.49. The molecule has 0 aliphatic rings. The average molecular weight is 550 g/mol. The van der Waals surface area contributed by atoms with E-state index in [2.05, 4.69) is 20.9 Å². The van der Waals surface area contributed by atoms with Gasteiger partial charge in [-0.1, -0.05) is 30.3 Å². The first-order valence-electron chi connectivity index (χ1n) is 9.35. The van der Waals surface area contributed by atoms with Crippen molar-refractivity contribution in [1.29, 1.82) is 0 Å². The van der Waals surface area contributed by atoms with Gasteiger partial charge >= 0.3 is 6.18 Å². The Balaban J connectivity index is 0.00000480. The van der Waals surface area contributed by atoms with E-state index in [1.807, 2.05) is 6.07 Å². The maximum atomic E-state index is 12.5. The van der Waals surface area contributed by atoms with Crippen molar-refractivity contribution in [2.75, 3.05) is 26.7 Å². The van der Waals surface area contributed by atoms with Crippen molar-refractivity contribution in [3.05, 3.63) is 65.2 Å². The molecule has 2 rings (SSSR count). The van der Waals surface area contributed by atoms with Gasteiger partial charge in [-0.05, 0) is 30.7 Å². The van der Waals surface area contributed by atoms with Crippen LogP contribution >= 0.6 is 24.0 Å². The van der Waals surface area contributed by atoms with E-state index in [0.29, 0.717) is 30.2 Å². The van der Waals surface area contributed by atoms with E-state index in [1.54, 1.807) is 56.4 Å². The topological polar surface area (TPSA) is 74.8 Å². The molecule has 0 saturated heterocycles. The number of hydrogen-bond donors (Lipinski definition) is 3. The minimum Gasteiger partial charge on any atom is -0.484 e. The first-order valence-corrected chi connectivity index (χ1v) is 9.35. The second kappa shape index (κ2) is 13.0. The summed E-state index contributed by atoms with van der Waals surface area (Å²) in [5.41, 5.74) is 1.95. The monoisotopic (exact) mass is 550 g/mol. The van der Waals surface area contributed by atoms with Crippen LogP contribution in [0.25, 0.3) is 0 Å². The van der Waals surface area contributed by atoms with Crippen LogP contribution in [0.5, 0.6) is 5.75 Å². The summed E-state index contributed by atoms with van der Waals surface area (Å²) >= 11 is 0. The maximum absolute atomic E-state index is 12.5. The SMILES string of the molecule is CN=C(NCCNC(=O)c1ccccc1)NCc1ccc(C)cc1OCC(F)(F)F.I. The van der Waals surface area contributed by atoms with Gasteiger partial charge in [-0.2, -0.15) is 13.2 Å². The van der Waals surface area contributed by atoms with Crippen LogP contribution < -0.4 is 20.7 Å².